The van der Waals surface area contributed by atoms with Crippen LogP contribution in [0.25, 0.3) is 0 Å². The van der Waals surface area contributed by atoms with Crippen molar-refractivity contribution in [2.75, 3.05) is 13.1 Å². The van der Waals surface area contributed by atoms with Gasteiger partial charge >= 0.3 is 0 Å². The molecule has 28 heavy (non-hydrogen) atoms. The van der Waals surface area contributed by atoms with Crippen LogP contribution in [0.1, 0.15) is 0 Å². The zero-order chi connectivity index (χ0) is 23.0. The Morgan fingerprint density at radius 1 is 0.429 bits per heavy atom. The molecule has 0 heterocycles. The predicted octanol–water partition coefficient (Wildman–Crippen LogP) is 5.51. The van der Waals surface area contributed by atoms with Crippen molar-refractivity contribution in [1.82, 2.24) is 17.8 Å². The zero-order valence-electron chi connectivity index (χ0n) is 22.3. The summed E-state index contributed by atoms with van der Waals surface area (Å²) in [5.74, 6) is 0. The molecule has 0 amide bonds. The first-order chi connectivity index (χ1) is 11.9. The summed E-state index contributed by atoms with van der Waals surface area (Å²) in [4.78, 5) is 0. The summed E-state index contributed by atoms with van der Waals surface area (Å²) in [5.41, 5.74) is 0. The van der Waals surface area contributed by atoms with Crippen LogP contribution >= 0.6 is 0 Å². The van der Waals surface area contributed by atoms with Gasteiger partial charge in [-0.1, -0.05) is 78.6 Å². The Hall–Kier alpha value is 1.14. The van der Waals surface area contributed by atoms with Gasteiger partial charge < -0.3 is 17.8 Å². The fourth-order valence-electron chi connectivity index (χ4n) is 5.08. The molecule has 0 aromatic rings. The van der Waals surface area contributed by atoms with Crippen molar-refractivity contribution < 1.29 is 0 Å². The second-order valence-electron chi connectivity index (χ2n) is 13.5. The molecule has 0 atom stereocenters. The summed E-state index contributed by atoms with van der Waals surface area (Å²) in [6, 6.07) is 0. The first-order valence-corrected chi connectivity index (χ1v) is 30.8. The normalized spacial score (nSPS) is 15.6. The van der Waals surface area contributed by atoms with E-state index >= 15 is 0 Å². The van der Waals surface area contributed by atoms with Gasteiger partial charge in [-0.15, -0.1) is 0 Å². The molecular weight excluding hydrogens is 441 g/mol. The van der Waals surface area contributed by atoms with E-state index in [9.17, 15) is 0 Å². The van der Waals surface area contributed by atoms with Crippen LogP contribution in [0, 0.1) is 0 Å². The molecule has 2 N–H and O–H groups in total. The van der Waals surface area contributed by atoms with E-state index in [1.165, 1.54) is 13.1 Å². The van der Waals surface area contributed by atoms with Gasteiger partial charge in [0.2, 0.25) is 0 Å². The maximum Gasteiger partial charge on any atom is 0.184 e. The van der Waals surface area contributed by atoms with Gasteiger partial charge in [0.05, 0.1) is 0 Å². The zero-order valence-corrected chi connectivity index (χ0v) is 28.3. The summed E-state index contributed by atoms with van der Waals surface area (Å²) >= 11 is 0. The van der Waals surface area contributed by atoms with Crippen molar-refractivity contribution in [2.45, 2.75) is 105 Å². The van der Waals surface area contributed by atoms with E-state index in [1.807, 2.05) is 0 Å². The van der Waals surface area contributed by atoms with Crippen LogP contribution in [0.5, 0.6) is 0 Å². The van der Waals surface area contributed by atoms with Gasteiger partial charge in [-0.25, -0.2) is 0 Å². The quantitative estimate of drug-likeness (QED) is 0.370. The summed E-state index contributed by atoms with van der Waals surface area (Å²) in [5, 5.41) is 0. The van der Waals surface area contributed by atoms with Crippen LogP contribution in [-0.4, -0.2) is 71.3 Å². The Labute approximate surface area is 184 Å². The SMILES string of the molecule is C[Si](C)(C)N[Si](C)(C)N(CCN([Si](C)(C)C)[Si](C)(C)N[Si](C)(C)C)[Si](C)(C)C. The molecular formula is C18H54N4Si6. The van der Waals surface area contributed by atoms with E-state index in [-0.39, 0.29) is 0 Å². The van der Waals surface area contributed by atoms with Gasteiger partial charge in [-0.3, -0.25) is 0 Å². The number of rotatable bonds is 11. The van der Waals surface area contributed by atoms with Crippen molar-refractivity contribution in [3.63, 3.8) is 0 Å². The van der Waals surface area contributed by atoms with Crippen molar-refractivity contribution >= 4 is 49.7 Å². The Morgan fingerprint density at radius 3 is 0.786 bits per heavy atom. The number of nitrogens with zero attached hydrogens (tertiary/aromatic N) is 2. The van der Waals surface area contributed by atoms with Crippen LogP contribution in [0.2, 0.25) is 105 Å². The smallest absolute Gasteiger partial charge is 0.184 e. The molecule has 170 valence electrons. The molecule has 0 aromatic carbocycles. The van der Waals surface area contributed by atoms with Gasteiger partial charge in [0.15, 0.2) is 16.8 Å². The Kier molecular flexibility index (Phi) is 9.71. The van der Waals surface area contributed by atoms with Crippen LogP contribution in [0.15, 0.2) is 0 Å². The Morgan fingerprint density at radius 2 is 0.643 bits per heavy atom. The second-order valence-corrected chi connectivity index (χ2v) is 42.5. The average molecular weight is 495 g/mol. The second kappa shape index (κ2) is 9.33. The average Bonchev–Trinajstić information content (AvgIpc) is 2.23. The molecule has 0 unspecified atom stereocenters. The summed E-state index contributed by atoms with van der Waals surface area (Å²) in [6.45, 7) is 42.6. The van der Waals surface area contributed by atoms with Gasteiger partial charge in [-0.2, -0.15) is 0 Å². The largest absolute Gasteiger partial charge is 0.348 e. The lowest BCUT2D eigenvalue weighted by Crippen LogP contribution is -2.75. The summed E-state index contributed by atoms with van der Waals surface area (Å²) in [6.07, 6.45) is 0. The van der Waals surface area contributed by atoms with Crippen molar-refractivity contribution in [2.24, 2.45) is 0 Å². The first-order valence-electron chi connectivity index (χ1n) is 11.0. The highest BCUT2D eigenvalue weighted by Gasteiger charge is 2.44. The maximum atomic E-state index is 4.18. The molecule has 0 aromatic heterocycles. The standard InChI is InChI=1S/C18H54N4Si6/c1-23(2,3)19-27(13,14)21(25(7,8)9)17-18-22(26(10,11)12)28(15,16)20-24(4,5)6/h19-20H,17-18H2,1-16H3. The molecule has 0 aliphatic heterocycles. The lowest BCUT2D eigenvalue weighted by molar-refractivity contribution is 0.505. The molecule has 0 rings (SSSR count). The minimum Gasteiger partial charge on any atom is -0.348 e. The molecule has 0 radical (unpaired) electrons. The van der Waals surface area contributed by atoms with Crippen molar-refractivity contribution in [1.29, 1.82) is 0 Å². The number of nitrogens with one attached hydrogen (secondary N) is 2. The van der Waals surface area contributed by atoms with Crippen LogP contribution in [0.4, 0.5) is 0 Å². The van der Waals surface area contributed by atoms with Gasteiger partial charge in [0.25, 0.3) is 0 Å². The monoisotopic (exact) mass is 494 g/mol. The highest BCUT2D eigenvalue weighted by molar-refractivity contribution is 6.96. The van der Waals surface area contributed by atoms with E-state index in [0.29, 0.717) is 0 Å². The molecule has 0 saturated carbocycles. The molecule has 0 aliphatic carbocycles. The lowest BCUT2D eigenvalue weighted by Gasteiger charge is -2.52. The van der Waals surface area contributed by atoms with Crippen LogP contribution < -0.4 is 9.30 Å². The predicted molar refractivity (Wildman–Crippen MR) is 148 cm³/mol. The number of hydrogen-bond donors (Lipinski definition) is 2. The third kappa shape index (κ3) is 10.4. The fraction of sp³-hybridized carbons (Fsp3) is 1.00. The third-order valence-electron chi connectivity index (χ3n) is 4.88. The summed E-state index contributed by atoms with van der Waals surface area (Å²) < 4.78 is 14.3. The summed E-state index contributed by atoms with van der Waals surface area (Å²) in [7, 11) is -8.70. The molecule has 4 nitrogen and oxygen atoms in total. The van der Waals surface area contributed by atoms with E-state index in [4.69, 9.17) is 0 Å². The van der Waals surface area contributed by atoms with E-state index < -0.39 is 49.7 Å². The minimum absolute atomic E-state index is 1.22. The molecule has 0 bridgehead atoms. The van der Waals surface area contributed by atoms with Crippen molar-refractivity contribution in [3.05, 3.63) is 0 Å². The molecule has 10 heteroatoms. The van der Waals surface area contributed by atoms with E-state index in [1.54, 1.807) is 0 Å². The molecule has 0 aliphatic rings. The highest BCUT2D eigenvalue weighted by Crippen LogP contribution is 2.23. The van der Waals surface area contributed by atoms with Gasteiger partial charge in [0, 0.05) is 0 Å². The van der Waals surface area contributed by atoms with Crippen LogP contribution in [-0.2, 0) is 0 Å². The lowest BCUT2D eigenvalue weighted by atomic mass is 10.7. The number of hydrogen-bond acceptors (Lipinski definition) is 4. The first kappa shape index (κ1) is 29.1. The third-order valence-corrected chi connectivity index (χ3v) is 30.0. The Bertz CT molecular complexity index is 452. The minimum atomic E-state index is -1.64. The molecule has 0 saturated heterocycles. The maximum absolute atomic E-state index is 4.18. The van der Waals surface area contributed by atoms with Crippen molar-refractivity contribution in [3.8, 4) is 0 Å². The molecule has 0 spiro atoms. The molecule has 0 fully saturated rings. The van der Waals surface area contributed by atoms with Gasteiger partial charge in [0.1, 0.15) is 32.9 Å². The van der Waals surface area contributed by atoms with Gasteiger partial charge in [-0.05, 0) is 39.3 Å². The fourth-order valence-corrected chi connectivity index (χ4v) is 38.1. The Balaban J connectivity index is 5.75. The van der Waals surface area contributed by atoms with E-state index in [2.05, 4.69) is 123 Å². The highest BCUT2D eigenvalue weighted by atomic mass is 28.4. The van der Waals surface area contributed by atoms with E-state index in [0.717, 1.165) is 0 Å². The topological polar surface area (TPSA) is 30.5 Å². The van der Waals surface area contributed by atoms with Crippen LogP contribution in [0.3, 0.4) is 0 Å².